The topological polar surface area (TPSA) is 49.1 Å². The lowest BCUT2D eigenvalue weighted by molar-refractivity contribution is 0.163. The zero-order chi connectivity index (χ0) is 17.4. The minimum absolute atomic E-state index is 0.0365. The van der Waals surface area contributed by atoms with E-state index in [-0.39, 0.29) is 11.6 Å². The second-order valence-electron chi connectivity index (χ2n) is 6.36. The Morgan fingerprint density at radius 1 is 1.21 bits per heavy atom. The molecule has 2 aromatic heterocycles. The highest BCUT2D eigenvalue weighted by molar-refractivity contribution is 5.82. The van der Waals surface area contributed by atoms with Gasteiger partial charge in [-0.1, -0.05) is 6.07 Å². The van der Waals surface area contributed by atoms with Gasteiger partial charge < -0.3 is 13.9 Å². The normalized spacial score (nSPS) is 12.7. The second kappa shape index (κ2) is 6.24. The summed E-state index contributed by atoms with van der Waals surface area (Å²) in [6.07, 6.45) is 1.88. The number of pyridine rings is 1. The van der Waals surface area contributed by atoms with Crippen LogP contribution in [0.2, 0.25) is 0 Å². The molecule has 0 aliphatic carbocycles. The first-order chi connectivity index (χ1) is 11.4. The van der Waals surface area contributed by atoms with Gasteiger partial charge in [0.2, 0.25) is 0 Å². The van der Waals surface area contributed by atoms with Crippen LogP contribution in [0.15, 0.2) is 35.3 Å². The molecule has 0 saturated carbocycles. The van der Waals surface area contributed by atoms with E-state index in [1.54, 1.807) is 18.7 Å². The van der Waals surface area contributed by atoms with Crippen LogP contribution in [0, 0.1) is 13.8 Å². The number of benzene rings is 1. The van der Waals surface area contributed by atoms with E-state index in [9.17, 15) is 4.79 Å². The molecule has 2 heterocycles. The smallest absolute Gasteiger partial charge is 0.253 e. The maximum absolute atomic E-state index is 11.9. The second-order valence-corrected chi connectivity index (χ2v) is 6.36. The fourth-order valence-corrected chi connectivity index (χ4v) is 3.30. The number of rotatable bonds is 4. The Morgan fingerprint density at radius 3 is 2.62 bits per heavy atom. The van der Waals surface area contributed by atoms with Crippen LogP contribution < -0.4 is 5.56 Å². The minimum atomic E-state index is 0.0365. The molecule has 0 saturated heterocycles. The lowest BCUT2D eigenvalue weighted by atomic mass is 10.1. The van der Waals surface area contributed by atoms with E-state index >= 15 is 0 Å². The summed E-state index contributed by atoms with van der Waals surface area (Å²) < 4.78 is 9.14. The van der Waals surface area contributed by atoms with Gasteiger partial charge in [0.15, 0.2) is 0 Å². The lowest BCUT2D eigenvalue weighted by Gasteiger charge is -2.16. The molecule has 0 unspecified atom stereocenters. The van der Waals surface area contributed by atoms with Crippen molar-refractivity contribution in [3.05, 3.63) is 52.2 Å². The number of hydrogen-bond donors (Lipinski definition) is 0. The third-order valence-corrected chi connectivity index (χ3v) is 4.41. The first-order valence-electron chi connectivity index (χ1n) is 8.07. The lowest BCUT2D eigenvalue weighted by Crippen LogP contribution is -2.18. The van der Waals surface area contributed by atoms with E-state index in [1.165, 1.54) is 0 Å². The molecule has 5 heteroatoms. The van der Waals surface area contributed by atoms with Crippen molar-refractivity contribution < 1.29 is 4.74 Å². The Kier molecular flexibility index (Phi) is 4.28. The van der Waals surface area contributed by atoms with E-state index < -0.39 is 0 Å². The third kappa shape index (κ3) is 2.76. The zero-order valence-electron chi connectivity index (χ0n) is 14.8. The number of nitrogens with zero attached hydrogens (tertiary/aromatic N) is 3. The van der Waals surface area contributed by atoms with E-state index in [4.69, 9.17) is 4.74 Å². The number of aryl methyl sites for hydroxylation is 3. The molecule has 0 aliphatic heterocycles. The maximum atomic E-state index is 11.9. The van der Waals surface area contributed by atoms with Crippen molar-refractivity contribution >= 4 is 11.0 Å². The minimum Gasteiger partial charge on any atom is -0.383 e. The Hall–Kier alpha value is -2.40. The largest absolute Gasteiger partial charge is 0.383 e. The Labute approximate surface area is 141 Å². The predicted octanol–water partition coefficient (Wildman–Crippen LogP) is 3.23. The summed E-state index contributed by atoms with van der Waals surface area (Å²) in [6, 6.07) is 8.38. The van der Waals surface area contributed by atoms with Crippen molar-refractivity contribution in [1.29, 1.82) is 0 Å². The van der Waals surface area contributed by atoms with Crippen LogP contribution in [0.4, 0.5) is 0 Å². The molecule has 3 rings (SSSR count). The molecule has 5 nitrogen and oxygen atoms in total. The number of fused-ring (bicyclic) bond motifs is 1. The number of imidazole rings is 1. The van der Waals surface area contributed by atoms with Crippen LogP contribution in [0.3, 0.4) is 0 Å². The third-order valence-electron chi connectivity index (χ3n) is 4.41. The summed E-state index contributed by atoms with van der Waals surface area (Å²) in [7, 11) is 3.50. The van der Waals surface area contributed by atoms with Gasteiger partial charge in [0.1, 0.15) is 5.82 Å². The zero-order valence-corrected chi connectivity index (χ0v) is 14.8. The van der Waals surface area contributed by atoms with Crippen molar-refractivity contribution in [2.24, 2.45) is 7.05 Å². The van der Waals surface area contributed by atoms with Gasteiger partial charge in [0, 0.05) is 25.9 Å². The first-order valence-corrected chi connectivity index (χ1v) is 8.07. The van der Waals surface area contributed by atoms with Crippen LogP contribution in [0.5, 0.6) is 0 Å². The molecular weight excluding hydrogens is 302 g/mol. The number of methoxy groups -OCH3 is 1. The van der Waals surface area contributed by atoms with Gasteiger partial charge in [0.05, 0.1) is 23.7 Å². The molecule has 0 spiro atoms. The Balaban J connectivity index is 2.18. The maximum Gasteiger partial charge on any atom is 0.253 e. The molecule has 0 fully saturated rings. The summed E-state index contributed by atoms with van der Waals surface area (Å²) in [5.74, 6) is 0.975. The van der Waals surface area contributed by atoms with Gasteiger partial charge in [0.25, 0.3) is 5.56 Å². The van der Waals surface area contributed by atoms with Crippen LogP contribution in [-0.2, 0) is 11.8 Å². The summed E-state index contributed by atoms with van der Waals surface area (Å²) in [4.78, 5) is 16.6. The standard InChI is InChI=1S/C19H23N3O2/c1-12-8-16(10-21(4)19(12)23)15-6-7-17-18(9-15)22(14(3)20-17)13(2)11-24-5/h6-10,13H,11H2,1-5H3/t13-/m0/s1. The molecule has 1 aromatic carbocycles. The molecule has 0 N–H and O–H groups in total. The summed E-state index contributed by atoms with van der Waals surface area (Å²) in [6.45, 7) is 6.62. The van der Waals surface area contributed by atoms with Gasteiger partial charge in [-0.25, -0.2) is 4.98 Å². The molecular formula is C19H23N3O2. The van der Waals surface area contributed by atoms with Gasteiger partial charge in [-0.05, 0) is 50.1 Å². The Bertz CT molecular complexity index is 927. The molecule has 3 aromatic rings. The molecule has 1 atom stereocenters. The monoisotopic (exact) mass is 325 g/mol. The van der Waals surface area contributed by atoms with Crippen LogP contribution in [-0.4, -0.2) is 27.8 Å². The first kappa shape index (κ1) is 16.5. The summed E-state index contributed by atoms with van der Waals surface area (Å²) in [5, 5.41) is 0. The average Bonchev–Trinajstić information content (AvgIpc) is 2.87. The SMILES string of the molecule is COC[C@H](C)n1c(C)nc2ccc(-c3cc(C)c(=O)n(C)c3)cc21. The summed E-state index contributed by atoms with van der Waals surface area (Å²) >= 11 is 0. The van der Waals surface area contributed by atoms with Crippen molar-refractivity contribution in [3.63, 3.8) is 0 Å². The highest BCUT2D eigenvalue weighted by Crippen LogP contribution is 2.27. The molecule has 0 radical (unpaired) electrons. The highest BCUT2D eigenvalue weighted by atomic mass is 16.5. The van der Waals surface area contributed by atoms with Crippen molar-refractivity contribution in [2.75, 3.05) is 13.7 Å². The number of hydrogen-bond acceptors (Lipinski definition) is 3. The van der Waals surface area contributed by atoms with E-state index in [0.717, 1.165) is 33.5 Å². The number of aromatic nitrogens is 3. The van der Waals surface area contributed by atoms with Crippen molar-refractivity contribution in [1.82, 2.24) is 14.1 Å². The quantitative estimate of drug-likeness (QED) is 0.740. The van der Waals surface area contributed by atoms with E-state index in [0.29, 0.717) is 6.61 Å². The van der Waals surface area contributed by atoms with E-state index in [1.807, 2.05) is 32.2 Å². The van der Waals surface area contributed by atoms with E-state index in [2.05, 4.69) is 28.6 Å². The van der Waals surface area contributed by atoms with Crippen LogP contribution in [0.1, 0.15) is 24.4 Å². The van der Waals surface area contributed by atoms with Gasteiger partial charge in [-0.3, -0.25) is 4.79 Å². The molecule has 0 bridgehead atoms. The van der Waals surface area contributed by atoms with Crippen LogP contribution >= 0.6 is 0 Å². The van der Waals surface area contributed by atoms with Gasteiger partial charge >= 0.3 is 0 Å². The Morgan fingerprint density at radius 2 is 1.96 bits per heavy atom. The molecule has 24 heavy (non-hydrogen) atoms. The number of ether oxygens (including phenoxy) is 1. The molecule has 0 aliphatic rings. The molecule has 126 valence electrons. The van der Waals surface area contributed by atoms with Gasteiger partial charge in [-0.2, -0.15) is 0 Å². The van der Waals surface area contributed by atoms with Gasteiger partial charge in [-0.15, -0.1) is 0 Å². The van der Waals surface area contributed by atoms with Crippen molar-refractivity contribution in [2.45, 2.75) is 26.8 Å². The van der Waals surface area contributed by atoms with Crippen LogP contribution in [0.25, 0.3) is 22.2 Å². The predicted molar refractivity (Wildman–Crippen MR) is 96.5 cm³/mol. The molecule has 0 amide bonds. The average molecular weight is 325 g/mol. The highest BCUT2D eigenvalue weighted by Gasteiger charge is 2.14. The fourth-order valence-electron chi connectivity index (χ4n) is 3.30. The summed E-state index contributed by atoms with van der Waals surface area (Å²) in [5.41, 5.74) is 4.94. The fraction of sp³-hybridized carbons (Fsp3) is 0.368. The van der Waals surface area contributed by atoms with Crippen molar-refractivity contribution in [3.8, 4) is 11.1 Å².